The van der Waals surface area contributed by atoms with E-state index in [4.69, 9.17) is 16.3 Å². The number of benzene rings is 1. The Kier molecular flexibility index (Phi) is 7.42. The monoisotopic (exact) mass is 486 g/mol. The molecule has 2 heterocycles. The summed E-state index contributed by atoms with van der Waals surface area (Å²) in [6.07, 6.45) is 0. The van der Waals surface area contributed by atoms with Gasteiger partial charge in [0.2, 0.25) is 5.91 Å². The number of thiophene rings is 1. The Morgan fingerprint density at radius 1 is 1.19 bits per heavy atom. The number of urea groups is 1. The molecule has 1 aliphatic rings. The normalized spacial score (nSPS) is 17.3. The van der Waals surface area contributed by atoms with Gasteiger partial charge in [-0.15, -0.1) is 11.3 Å². The molecule has 0 bridgehead atoms. The van der Waals surface area contributed by atoms with Crippen LogP contribution in [0, 0.1) is 0 Å². The van der Waals surface area contributed by atoms with Gasteiger partial charge in [0.05, 0.1) is 10.9 Å². The topological polar surface area (TPSA) is 108 Å². The third-order valence-electron chi connectivity index (χ3n) is 4.70. The fourth-order valence-corrected chi connectivity index (χ4v) is 6.36. The molecule has 0 spiro atoms. The number of piperazine rings is 1. The zero-order valence-electron chi connectivity index (χ0n) is 17.0. The predicted octanol–water partition coefficient (Wildman–Crippen LogP) is 2.45. The van der Waals surface area contributed by atoms with Crippen molar-refractivity contribution in [1.29, 1.82) is 0 Å². The van der Waals surface area contributed by atoms with Crippen molar-refractivity contribution < 1.29 is 22.7 Å². The summed E-state index contributed by atoms with van der Waals surface area (Å²) in [6.45, 7) is 2.45. The molecule has 0 saturated carbocycles. The summed E-state index contributed by atoms with van der Waals surface area (Å²) in [4.78, 5) is 26.6. The lowest BCUT2D eigenvalue weighted by atomic mass is 10.2. The Morgan fingerprint density at radius 2 is 1.90 bits per heavy atom. The summed E-state index contributed by atoms with van der Waals surface area (Å²) < 4.78 is 33.0. The Hall–Kier alpha value is -2.34. The number of hydrogen-bond donors (Lipinski definition) is 2. The van der Waals surface area contributed by atoms with Crippen molar-refractivity contribution in [3.8, 4) is 5.75 Å². The molecule has 3 rings (SSSR count). The number of anilines is 1. The third-order valence-corrected chi connectivity index (χ3v) is 8.30. The first-order valence-electron chi connectivity index (χ1n) is 9.53. The second-order valence-electron chi connectivity index (χ2n) is 6.64. The molecular formula is C19H23ClN4O5S2. The van der Waals surface area contributed by atoms with Gasteiger partial charge in [-0.1, -0.05) is 11.6 Å². The minimum absolute atomic E-state index is 0.0212. The lowest BCUT2D eigenvalue weighted by Gasteiger charge is -2.39. The average molecular weight is 487 g/mol. The second-order valence-corrected chi connectivity index (χ2v) is 10.5. The summed E-state index contributed by atoms with van der Waals surface area (Å²) in [5, 5.41) is 5.24. The summed E-state index contributed by atoms with van der Waals surface area (Å²) in [6, 6.07) is 8.32. The molecule has 1 aromatic carbocycles. The van der Waals surface area contributed by atoms with E-state index in [9.17, 15) is 18.0 Å². The fraction of sp³-hybridized carbons (Fsp3) is 0.368. The van der Waals surface area contributed by atoms with E-state index in [1.54, 1.807) is 24.3 Å². The highest BCUT2D eigenvalue weighted by atomic mass is 35.5. The van der Waals surface area contributed by atoms with Gasteiger partial charge in [0, 0.05) is 32.4 Å². The Balaban J connectivity index is 1.74. The lowest BCUT2D eigenvalue weighted by molar-refractivity contribution is -0.125. The SMILES string of the molecule is CCOc1ccc(NC(=O)N2CCN(S(=O)(=O)c3ccc(Cl)s3)C(C(=O)NC)C2)cc1. The number of carbonyl (C=O) groups is 2. The summed E-state index contributed by atoms with van der Waals surface area (Å²) >= 11 is 6.81. The van der Waals surface area contributed by atoms with Crippen molar-refractivity contribution in [3.63, 3.8) is 0 Å². The van der Waals surface area contributed by atoms with Crippen LogP contribution in [0.15, 0.2) is 40.6 Å². The molecule has 12 heteroatoms. The molecular weight excluding hydrogens is 464 g/mol. The molecule has 1 unspecified atom stereocenters. The molecule has 31 heavy (non-hydrogen) atoms. The van der Waals surface area contributed by atoms with Crippen LogP contribution in [0.4, 0.5) is 10.5 Å². The number of likely N-dealkylation sites (N-methyl/N-ethyl adjacent to an activating group) is 1. The van der Waals surface area contributed by atoms with E-state index in [1.807, 2.05) is 6.92 Å². The molecule has 0 radical (unpaired) electrons. The number of rotatable bonds is 6. The average Bonchev–Trinajstić information content (AvgIpc) is 3.21. The van der Waals surface area contributed by atoms with E-state index >= 15 is 0 Å². The highest BCUT2D eigenvalue weighted by molar-refractivity contribution is 7.91. The van der Waals surface area contributed by atoms with E-state index in [-0.39, 0.29) is 23.8 Å². The summed E-state index contributed by atoms with van der Waals surface area (Å²) in [5.41, 5.74) is 0.563. The number of amides is 3. The second kappa shape index (κ2) is 9.86. The van der Waals surface area contributed by atoms with Gasteiger partial charge in [-0.25, -0.2) is 13.2 Å². The number of nitrogens with one attached hydrogen (secondary N) is 2. The van der Waals surface area contributed by atoms with E-state index in [1.165, 1.54) is 24.1 Å². The quantitative estimate of drug-likeness (QED) is 0.652. The Bertz CT molecular complexity index is 1040. The van der Waals surface area contributed by atoms with Crippen LogP contribution >= 0.6 is 22.9 Å². The van der Waals surface area contributed by atoms with Gasteiger partial charge in [-0.05, 0) is 43.3 Å². The first-order chi connectivity index (χ1) is 14.8. The largest absolute Gasteiger partial charge is 0.494 e. The maximum atomic E-state index is 13.1. The van der Waals surface area contributed by atoms with E-state index in [0.29, 0.717) is 22.4 Å². The van der Waals surface area contributed by atoms with Crippen molar-refractivity contribution >= 4 is 50.6 Å². The van der Waals surface area contributed by atoms with Crippen molar-refractivity contribution in [2.75, 3.05) is 38.6 Å². The van der Waals surface area contributed by atoms with Crippen LogP contribution in [-0.4, -0.2) is 68.9 Å². The van der Waals surface area contributed by atoms with Crippen LogP contribution in [0.25, 0.3) is 0 Å². The maximum Gasteiger partial charge on any atom is 0.321 e. The van der Waals surface area contributed by atoms with Gasteiger partial charge < -0.3 is 20.3 Å². The maximum absolute atomic E-state index is 13.1. The minimum atomic E-state index is -3.93. The number of hydrogen-bond acceptors (Lipinski definition) is 6. The zero-order chi connectivity index (χ0) is 22.6. The Morgan fingerprint density at radius 3 is 2.48 bits per heavy atom. The molecule has 3 amide bonds. The van der Waals surface area contributed by atoms with Crippen LogP contribution in [-0.2, 0) is 14.8 Å². The highest BCUT2D eigenvalue weighted by Crippen LogP contribution is 2.30. The molecule has 0 aliphatic carbocycles. The van der Waals surface area contributed by atoms with Crippen LogP contribution < -0.4 is 15.4 Å². The molecule has 1 aliphatic heterocycles. The van der Waals surface area contributed by atoms with Crippen molar-refractivity contribution in [3.05, 3.63) is 40.7 Å². The molecule has 1 fully saturated rings. The van der Waals surface area contributed by atoms with Crippen molar-refractivity contribution in [2.45, 2.75) is 17.2 Å². The van der Waals surface area contributed by atoms with Crippen LogP contribution in [0.1, 0.15) is 6.92 Å². The minimum Gasteiger partial charge on any atom is -0.494 e. The summed E-state index contributed by atoms with van der Waals surface area (Å²) in [5.74, 6) is 0.192. The van der Waals surface area contributed by atoms with Crippen molar-refractivity contribution in [2.24, 2.45) is 0 Å². The molecule has 168 valence electrons. The highest BCUT2D eigenvalue weighted by Gasteiger charge is 2.41. The number of sulfonamides is 1. The third kappa shape index (κ3) is 5.29. The molecule has 2 aromatic rings. The molecule has 9 nitrogen and oxygen atoms in total. The van der Waals surface area contributed by atoms with Crippen LogP contribution in [0.2, 0.25) is 4.34 Å². The van der Waals surface area contributed by atoms with Gasteiger partial charge in [0.15, 0.2) is 0 Å². The number of nitrogens with zero attached hydrogens (tertiary/aromatic N) is 2. The van der Waals surface area contributed by atoms with Gasteiger partial charge >= 0.3 is 6.03 Å². The van der Waals surface area contributed by atoms with Crippen LogP contribution in [0.3, 0.4) is 0 Å². The number of halogens is 1. The van der Waals surface area contributed by atoms with Crippen LogP contribution in [0.5, 0.6) is 5.75 Å². The molecule has 1 atom stereocenters. The lowest BCUT2D eigenvalue weighted by Crippen LogP contribution is -2.61. The fourth-order valence-electron chi connectivity index (χ4n) is 3.17. The molecule has 2 N–H and O–H groups in total. The van der Waals surface area contributed by atoms with Crippen molar-refractivity contribution in [1.82, 2.24) is 14.5 Å². The smallest absolute Gasteiger partial charge is 0.321 e. The van der Waals surface area contributed by atoms with Gasteiger partial charge in [0.1, 0.15) is 16.0 Å². The molecule has 1 aromatic heterocycles. The zero-order valence-corrected chi connectivity index (χ0v) is 19.4. The number of ether oxygens (including phenoxy) is 1. The van der Waals surface area contributed by atoms with E-state index < -0.39 is 28.0 Å². The number of carbonyl (C=O) groups excluding carboxylic acids is 2. The van der Waals surface area contributed by atoms with Gasteiger partial charge in [-0.2, -0.15) is 4.31 Å². The van der Waals surface area contributed by atoms with Gasteiger partial charge in [0.25, 0.3) is 10.0 Å². The summed E-state index contributed by atoms with van der Waals surface area (Å²) in [7, 11) is -2.50. The Labute approximate surface area is 190 Å². The first-order valence-corrected chi connectivity index (χ1v) is 12.2. The van der Waals surface area contributed by atoms with E-state index in [0.717, 1.165) is 15.6 Å². The van der Waals surface area contributed by atoms with E-state index in [2.05, 4.69) is 10.6 Å². The standard InChI is InChI=1S/C19H23ClN4O5S2/c1-3-29-14-6-4-13(5-7-14)22-19(26)23-10-11-24(15(12-23)18(25)21-2)31(27,28)17-9-8-16(20)30-17/h4-9,15H,3,10-12H2,1-2H3,(H,21,25)(H,22,26). The predicted molar refractivity (Wildman–Crippen MR) is 119 cm³/mol. The van der Waals surface area contributed by atoms with Gasteiger partial charge in [-0.3, -0.25) is 4.79 Å². The first kappa shape index (κ1) is 23.3. The molecule has 1 saturated heterocycles.